The number of rotatable bonds is 3. The zero-order chi connectivity index (χ0) is 10.8. The smallest absolute Gasteiger partial charge is 0.229 e. The summed E-state index contributed by atoms with van der Waals surface area (Å²) in [7, 11) is 0. The Hall–Kier alpha value is -0.940. The number of hydrogen-bond acceptors (Lipinski definition) is 4. The Morgan fingerprint density at radius 2 is 2.47 bits per heavy atom. The predicted molar refractivity (Wildman–Crippen MR) is 58.7 cm³/mol. The lowest BCUT2D eigenvalue weighted by atomic mass is 9.85. The van der Waals surface area contributed by atoms with E-state index >= 15 is 0 Å². The summed E-state index contributed by atoms with van der Waals surface area (Å²) in [6.45, 7) is 1.66. The maximum atomic E-state index is 11.6. The van der Waals surface area contributed by atoms with Crippen molar-refractivity contribution in [1.82, 2.24) is 4.98 Å². The normalized spacial score (nSPS) is 18.3. The molecule has 2 rings (SSSR count). The molecule has 1 aliphatic carbocycles. The van der Waals surface area contributed by atoms with Gasteiger partial charge >= 0.3 is 0 Å². The van der Waals surface area contributed by atoms with Gasteiger partial charge in [-0.25, -0.2) is 4.98 Å². The van der Waals surface area contributed by atoms with Crippen LogP contribution in [0.15, 0.2) is 5.38 Å². The number of amides is 1. The van der Waals surface area contributed by atoms with Crippen LogP contribution in [0.4, 0.5) is 5.13 Å². The molecule has 1 saturated carbocycles. The van der Waals surface area contributed by atoms with Crippen LogP contribution in [-0.4, -0.2) is 16.0 Å². The molecule has 1 aliphatic rings. The van der Waals surface area contributed by atoms with E-state index in [4.69, 9.17) is 0 Å². The van der Waals surface area contributed by atoms with Crippen LogP contribution in [0.3, 0.4) is 0 Å². The van der Waals surface area contributed by atoms with E-state index in [1.54, 1.807) is 12.3 Å². The second-order valence-corrected chi connectivity index (χ2v) is 4.73. The molecule has 0 spiro atoms. The zero-order valence-corrected chi connectivity index (χ0v) is 9.38. The third kappa shape index (κ3) is 2.35. The number of nitrogens with one attached hydrogen (secondary N) is 1. The number of carbonyl (C=O) groups is 1. The topological polar surface area (TPSA) is 62.2 Å². The van der Waals surface area contributed by atoms with Crippen molar-refractivity contribution in [3.63, 3.8) is 0 Å². The number of thiazole rings is 1. The number of aromatic nitrogens is 1. The first-order valence-corrected chi connectivity index (χ1v) is 5.99. The van der Waals surface area contributed by atoms with E-state index in [0.717, 1.165) is 19.3 Å². The molecule has 1 atom stereocenters. The number of carbonyl (C=O) groups excluding carboxylic acids is 1. The lowest BCUT2D eigenvalue weighted by molar-refractivity contribution is -0.122. The van der Waals surface area contributed by atoms with Gasteiger partial charge in [-0.15, -0.1) is 11.3 Å². The summed E-state index contributed by atoms with van der Waals surface area (Å²) in [6, 6.07) is 0. The quantitative estimate of drug-likeness (QED) is 0.828. The molecule has 0 radical (unpaired) electrons. The highest BCUT2D eigenvalue weighted by molar-refractivity contribution is 7.13. The van der Waals surface area contributed by atoms with Crippen molar-refractivity contribution in [3.05, 3.63) is 11.1 Å². The summed E-state index contributed by atoms with van der Waals surface area (Å²) >= 11 is 1.36. The fourth-order valence-electron chi connectivity index (χ4n) is 1.41. The average Bonchev–Trinajstić information content (AvgIpc) is 2.48. The summed E-state index contributed by atoms with van der Waals surface area (Å²) in [5, 5.41) is 14.4. The first-order valence-electron chi connectivity index (χ1n) is 5.11. The highest BCUT2D eigenvalue weighted by atomic mass is 32.1. The first-order chi connectivity index (χ1) is 7.16. The minimum atomic E-state index is -0.574. The molecule has 0 bridgehead atoms. The SMILES string of the molecule is CC(O)c1csc(NC(=O)C2CCC2)n1. The van der Waals surface area contributed by atoms with Crippen LogP contribution in [0.5, 0.6) is 0 Å². The van der Waals surface area contributed by atoms with Crippen LogP contribution >= 0.6 is 11.3 Å². The van der Waals surface area contributed by atoms with Crippen molar-refractivity contribution in [3.8, 4) is 0 Å². The Balaban J connectivity index is 1.95. The van der Waals surface area contributed by atoms with Gasteiger partial charge in [-0.3, -0.25) is 4.79 Å². The van der Waals surface area contributed by atoms with Gasteiger partial charge in [-0.05, 0) is 19.8 Å². The monoisotopic (exact) mass is 226 g/mol. The number of aliphatic hydroxyl groups is 1. The van der Waals surface area contributed by atoms with Gasteiger partial charge < -0.3 is 10.4 Å². The summed E-state index contributed by atoms with van der Waals surface area (Å²) in [5.41, 5.74) is 0.615. The molecule has 1 unspecified atom stereocenters. The Morgan fingerprint density at radius 3 is 2.93 bits per heavy atom. The van der Waals surface area contributed by atoms with Crippen molar-refractivity contribution in [1.29, 1.82) is 0 Å². The van der Waals surface area contributed by atoms with Gasteiger partial charge in [-0.1, -0.05) is 6.42 Å². The second-order valence-electron chi connectivity index (χ2n) is 3.87. The Kier molecular flexibility index (Phi) is 3.02. The summed E-state index contributed by atoms with van der Waals surface area (Å²) in [4.78, 5) is 15.7. The van der Waals surface area contributed by atoms with E-state index < -0.39 is 6.10 Å². The van der Waals surface area contributed by atoms with E-state index in [2.05, 4.69) is 10.3 Å². The minimum Gasteiger partial charge on any atom is -0.387 e. The molecule has 1 fully saturated rings. The summed E-state index contributed by atoms with van der Waals surface area (Å²) in [6.07, 6.45) is 2.55. The predicted octanol–water partition coefficient (Wildman–Crippen LogP) is 1.93. The van der Waals surface area contributed by atoms with E-state index in [1.807, 2.05) is 0 Å². The molecular weight excluding hydrogens is 212 g/mol. The van der Waals surface area contributed by atoms with Gasteiger partial charge in [-0.2, -0.15) is 0 Å². The van der Waals surface area contributed by atoms with E-state index in [-0.39, 0.29) is 11.8 Å². The molecule has 5 heteroatoms. The van der Waals surface area contributed by atoms with Gasteiger partial charge in [0.2, 0.25) is 5.91 Å². The van der Waals surface area contributed by atoms with E-state index in [9.17, 15) is 9.90 Å². The molecule has 0 saturated heterocycles. The first kappa shape index (κ1) is 10.6. The fraction of sp³-hybridized carbons (Fsp3) is 0.600. The molecule has 1 amide bonds. The summed E-state index contributed by atoms with van der Waals surface area (Å²) < 4.78 is 0. The van der Waals surface area contributed by atoms with Crippen LogP contribution in [0.2, 0.25) is 0 Å². The molecule has 82 valence electrons. The third-order valence-corrected chi connectivity index (χ3v) is 3.43. The Bertz CT molecular complexity index is 358. The highest BCUT2D eigenvalue weighted by Crippen LogP contribution is 2.28. The fourth-order valence-corrected chi connectivity index (χ4v) is 2.21. The third-order valence-electron chi connectivity index (χ3n) is 2.66. The van der Waals surface area contributed by atoms with Gasteiger partial charge in [0, 0.05) is 11.3 Å². The van der Waals surface area contributed by atoms with Crippen molar-refractivity contribution in [2.75, 3.05) is 5.32 Å². The van der Waals surface area contributed by atoms with Crippen molar-refractivity contribution >= 4 is 22.4 Å². The number of hydrogen-bond donors (Lipinski definition) is 2. The van der Waals surface area contributed by atoms with Crippen LogP contribution in [0.25, 0.3) is 0 Å². The van der Waals surface area contributed by atoms with Crippen LogP contribution in [0, 0.1) is 5.92 Å². The maximum Gasteiger partial charge on any atom is 0.229 e. The van der Waals surface area contributed by atoms with E-state index in [1.165, 1.54) is 11.3 Å². The molecule has 0 aromatic carbocycles. The van der Waals surface area contributed by atoms with Gasteiger partial charge in [0.25, 0.3) is 0 Å². The minimum absolute atomic E-state index is 0.0627. The Morgan fingerprint density at radius 1 is 1.73 bits per heavy atom. The van der Waals surface area contributed by atoms with Crippen molar-refractivity contribution in [2.24, 2.45) is 5.92 Å². The molecule has 1 heterocycles. The molecule has 15 heavy (non-hydrogen) atoms. The highest BCUT2D eigenvalue weighted by Gasteiger charge is 2.25. The number of anilines is 1. The van der Waals surface area contributed by atoms with Crippen molar-refractivity contribution in [2.45, 2.75) is 32.3 Å². The molecular formula is C10H14N2O2S. The Labute approximate surface area is 92.3 Å². The molecule has 2 N–H and O–H groups in total. The molecule has 4 nitrogen and oxygen atoms in total. The van der Waals surface area contributed by atoms with Gasteiger partial charge in [0.05, 0.1) is 11.8 Å². The largest absolute Gasteiger partial charge is 0.387 e. The van der Waals surface area contributed by atoms with Gasteiger partial charge in [0.1, 0.15) is 0 Å². The zero-order valence-electron chi connectivity index (χ0n) is 8.56. The molecule has 0 aliphatic heterocycles. The van der Waals surface area contributed by atoms with Crippen LogP contribution in [-0.2, 0) is 4.79 Å². The van der Waals surface area contributed by atoms with Crippen molar-refractivity contribution < 1.29 is 9.90 Å². The van der Waals surface area contributed by atoms with E-state index in [0.29, 0.717) is 10.8 Å². The van der Waals surface area contributed by atoms with Gasteiger partial charge in [0.15, 0.2) is 5.13 Å². The number of aliphatic hydroxyl groups excluding tert-OH is 1. The second kappa shape index (κ2) is 4.28. The number of nitrogens with zero attached hydrogens (tertiary/aromatic N) is 1. The standard InChI is InChI=1S/C10H14N2O2S/c1-6(13)8-5-15-10(11-8)12-9(14)7-3-2-4-7/h5-7,13H,2-4H2,1H3,(H,11,12,14). The molecule has 1 aromatic heterocycles. The van der Waals surface area contributed by atoms with Crippen LogP contribution in [0.1, 0.15) is 38.0 Å². The van der Waals surface area contributed by atoms with Crippen LogP contribution < -0.4 is 5.32 Å². The summed E-state index contributed by atoms with van der Waals surface area (Å²) in [5.74, 6) is 0.233. The maximum absolute atomic E-state index is 11.6. The lowest BCUT2D eigenvalue weighted by Crippen LogP contribution is -2.27. The molecule has 1 aromatic rings. The lowest BCUT2D eigenvalue weighted by Gasteiger charge is -2.23. The average molecular weight is 226 g/mol.